The minimum atomic E-state index is -1.01. The average Bonchev–Trinajstić information content (AvgIpc) is 2.84. The van der Waals surface area contributed by atoms with Gasteiger partial charge in [0.15, 0.2) is 5.16 Å². The van der Waals surface area contributed by atoms with Crippen LogP contribution in [0.5, 0.6) is 0 Å². The third-order valence-corrected chi connectivity index (χ3v) is 5.87. The summed E-state index contributed by atoms with van der Waals surface area (Å²) in [7, 11) is 0. The number of rotatable bonds is 7. The zero-order valence-electron chi connectivity index (χ0n) is 18.1. The van der Waals surface area contributed by atoms with Gasteiger partial charge in [-0.15, -0.1) is 0 Å². The number of aromatic nitrogens is 2. The quantitative estimate of drug-likeness (QED) is 0.184. The molecule has 0 aliphatic rings. The van der Waals surface area contributed by atoms with Gasteiger partial charge in [0.25, 0.3) is 11.5 Å². The van der Waals surface area contributed by atoms with E-state index in [4.69, 9.17) is 5.11 Å². The van der Waals surface area contributed by atoms with Crippen molar-refractivity contribution in [1.29, 1.82) is 0 Å². The second-order valence-corrected chi connectivity index (χ2v) is 8.34. The Labute approximate surface area is 199 Å². The zero-order chi connectivity index (χ0) is 24.1. The third-order valence-electron chi connectivity index (χ3n) is 4.93. The SMILES string of the molecule is Cc1ccc(-n2c(SCC(=O)N/N=C/c3ccc(C(=O)O)cc3)nc3ccccc3c2=O)cc1. The van der Waals surface area contributed by atoms with Gasteiger partial charge in [-0.3, -0.25) is 14.2 Å². The van der Waals surface area contributed by atoms with Gasteiger partial charge >= 0.3 is 5.97 Å². The first kappa shape index (κ1) is 22.9. The first-order valence-corrected chi connectivity index (χ1v) is 11.3. The number of hydrogen-bond donors (Lipinski definition) is 2. The van der Waals surface area contributed by atoms with Crippen LogP contribution in [0.2, 0.25) is 0 Å². The lowest BCUT2D eigenvalue weighted by Crippen LogP contribution is -2.24. The van der Waals surface area contributed by atoms with Crippen molar-refractivity contribution in [2.24, 2.45) is 5.10 Å². The number of amides is 1. The Bertz CT molecular complexity index is 1450. The van der Waals surface area contributed by atoms with Crippen LogP contribution in [0.4, 0.5) is 0 Å². The second kappa shape index (κ2) is 10.1. The van der Waals surface area contributed by atoms with E-state index < -0.39 is 5.97 Å². The molecule has 0 aliphatic heterocycles. The minimum absolute atomic E-state index is 0.00800. The van der Waals surface area contributed by atoms with Crippen LogP contribution in [0.3, 0.4) is 0 Å². The summed E-state index contributed by atoms with van der Waals surface area (Å²) in [5, 5.41) is 13.7. The van der Waals surface area contributed by atoms with E-state index >= 15 is 0 Å². The summed E-state index contributed by atoms with van der Waals surface area (Å²) in [6.45, 7) is 1.96. The summed E-state index contributed by atoms with van der Waals surface area (Å²) in [5.74, 6) is -1.40. The number of benzene rings is 3. The van der Waals surface area contributed by atoms with Crippen molar-refractivity contribution in [2.75, 3.05) is 5.75 Å². The van der Waals surface area contributed by atoms with E-state index in [1.165, 1.54) is 22.9 Å². The van der Waals surface area contributed by atoms with Crippen molar-refractivity contribution in [1.82, 2.24) is 15.0 Å². The molecule has 0 atom stereocenters. The Kier molecular flexibility index (Phi) is 6.84. The van der Waals surface area contributed by atoms with Crippen molar-refractivity contribution >= 4 is 40.8 Å². The number of aryl methyl sites for hydroxylation is 1. The monoisotopic (exact) mass is 472 g/mol. The number of fused-ring (bicyclic) bond motifs is 1. The maximum Gasteiger partial charge on any atom is 0.335 e. The molecule has 34 heavy (non-hydrogen) atoms. The number of hydrazone groups is 1. The lowest BCUT2D eigenvalue weighted by molar-refractivity contribution is -0.118. The predicted octanol–water partition coefficient (Wildman–Crippen LogP) is 3.63. The van der Waals surface area contributed by atoms with Gasteiger partial charge in [-0.1, -0.05) is 53.7 Å². The van der Waals surface area contributed by atoms with Crippen LogP contribution in [0.25, 0.3) is 16.6 Å². The van der Waals surface area contributed by atoms with E-state index in [0.717, 1.165) is 17.3 Å². The number of hydrogen-bond acceptors (Lipinski definition) is 6. The lowest BCUT2D eigenvalue weighted by Gasteiger charge is -2.13. The number of carboxylic acid groups (broad SMARTS) is 1. The summed E-state index contributed by atoms with van der Waals surface area (Å²) in [6, 6.07) is 20.7. The fourth-order valence-electron chi connectivity index (χ4n) is 3.18. The summed E-state index contributed by atoms with van der Waals surface area (Å²) in [6.07, 6.45) is 1.42. The largest absolute Gasteiger partial charge is 0.478 e. The van der Waals surface area contributed by atoms with Crippen molar-refractivity contribution in [3.8, 4) is 5.69 Å². The van der Waals surface area contributed by atoms with Crippen LogP contribution in [0.1, 0.15) is 21.5 Å². The summed E-state index contributed by atoms with van der Waals surface area (Å²) in [4.78, 5) is 41.1. The maximum absolute atomic E-state index is 13.2. The third kappa shape index (κ3) is 5.21. The van der Waals surface area contributed by atoms with E-state index in [1.807, 2.05) is 37.3 Å². The zero-order valence-corrected chi connectivity index (χ0v) is 19.0. The van der Waals surface area contributed by atoms with Crippen LogP contribution < -0.4 is 11.0 Å². The standard InChI is InChI=1S/C25H20N4O4S/c1-16-6-12-19(13-7-16)29-23(31)20-4-2-3-5-21(20)27-25(29)34-15-22(30)28-26-14-17-8-10-18(11-9-17)24(32)33/h2-14H,15H2,1H3,(H,28,30)(H,32,33)/b26-14+. The van der Waals surface area contributed by atoms with Gasteiger partial charge in [-0.05, 0) is 48.9 Å². The van der Waals surface area contributed by atoms with Crippen LogP contribution >= 0.6 is 11.8 Å². The van der Waals surface area contributed by atoms with Crippen LogP contribution in [-0.2, 0) is 4.79 Å². The molecule has 3 aromatic carbocycles. The Balaban J connectivity index is 1.51. The molecule has 8 nitrogen and oxygen atoms in total. The second-order valence-electron chi connectivity index (χ2n) is 7.40. The summed E-state index contributed by atoms with van der Waals surface area (Å²) < 4.78 is 1.51. The average molecular weight is 473 g/mol. The van der Waals surface area contributed by atoms with Gasteiger partial charge in [0, 0.05) is 0 Å². The number of nitrogens with zero attached hydrogens (tertiary/aromatic N) is 3. The Morgan fingerprint density at radius 3 is 2.47 bits per heavy atom. The van der Waals surface area contributed by atoms with Crippen LogP contribution in [0, 0.1) is 6.92 Å². The van der Waals surface area contributed by atoms with E-state index in [-0.39, 0.29) is 22.8 Å². The highest BCUT2D eigenvalue weighted by atomic mass is 32.2. The molecule has 0 spiro atoms. The maximum atomic E-state index is 13.2. The Morgan fingerprint density at radius 1 is 1.06 bits per heavy atom. The lowest BCUT2D eigenvalue weighted by atomic mass is 10.1. The molecule has 0 bridgehead atoms. The molecule has 2 N–H and O–H groups in total. The number of carbonyl (C=O) groups is 2. The number of carboxylic acids is 1. The van der Waals surface area contributed by atoms with E-state index in [1.54, 1.807) is 30.3 Å². The van der Waals surface area contributed by atoms with Crippen molar-refractivity contribution < 1.29 is 14.7 Å². The first-order valence-electron chi connectivity index (χ1n) is 10.3. The molecular formula is C25H20N4O4S. The molecule has 0 aliphatic carbocycles. The highest BCUT2D eigenvalue weighted by Gasteiger charge is 2.14. The fraction of sp³-hybridized carbons (Fsp3) is 0.0800. The molecular weight excluding hydrogens is 452 g/mol. The smallest absolute Gasteiger partial charge is 0.335 e. The van der Waals surface area contributed by atoms with E-state index in [9.17, 15) is 14.4 Å². The number of aromatic carboxylic acids is 1. The summed E-state index contributed by atoms with van der Waals surface area (Å²) >= 11 is 1.14. The Morgan fingerprint density at radius 2 is 1.76 bits per heavy atom. The van der Waals surface area contributed by atoms with Gasteiger partial charge in [0.05, 0.1) is 34.1 Å². The molecule has 0 saturated carbocycles. The normalized spacial score (nSPS) is 11.1. The fourth-order valence-corrected chi connectivity index (χ4v) is 3.99. The molecule has 4 rings (SSSR count). The summed E-state index contributed by atoms with van der Waals surface area (Å²) in [5.41, 5.74) is 5.32. The van der Waals surface area contributed by atoms with Gasteiger partial charge in [0.1, 0.15) is 0 Å². The van der Waals surface area contributed by atoms with Crippen molar-refractivity contribution in [2.45, 2.75) is 12.1 Å². The molecule has 9 heteroatoms. The van der Waals surface area contributed by atoms with Crippen molar-refractivity contribution in [3.05, 3.63) is 99.8 Å². The highest BCUT2D eigenvalue weighted by Crippen LogP contribution is 2.21. The van der Waals surface area contributed by atoms with Crippen molar-refractivity contribution in [3.63, 3.8) is 0 Å². The van der Waals surface area contributed by atoms with Gasteiger partial charge < -0.3 is 5.11 Å². The number of para-hydroxylation sites is 1. The molecule has 0 unspecified atom stereocenters. The molecule has 4 aromatic rings. The highest BCUT2D eigenvalue weighted by molar-refractivity contribution is 7.99. The van der Waals surface area contributed by atoms with Crippen LogP contribution in [-0.4, -0.2) is 38.5 Å². The molecule has 1 aromatic heterocycles. The molecule has 0 radical (unpaired) electrons. The molecule has 1 amide bonds. The molecule has 1 heterocycles. The van der Waals surface area contributed by atoms with E-state index in [2.05, 4.69) is 15.5 Å². The Hall–Kier alpha value is -4.24. The van der Waals surface area contributed by atoms with Gasteiger partial charge in [-0.2, -0.15) is 5.10 Å². The first-order chi connectivity index (χ1) is 16.4. The molecule has 170 valence electrons. The van der Waals surface area contributed by atoms with E-state index in [0.29, 0.717) is 27.3 Å². The number of thioether (sulfide) groups is 1. The van der Waals surface area contributed by atoms with Gasteiger partial charge in [0.2, 0.25) is 0 Å². The minimum Gasteiger partial charge on any atom is -0.478 e. The topological polar surface area (TPSA) is 114 Å². The molecule has 0 fully saturated rings. The molecule has 0 saturated heterocycles. The predicted molar refractivity (Wildman–Crippen MR) is 132 cm³/mol. The van der Waals surface area contributed by atoms with Gasteiger partial charge in [-0.25, -0.2) is 15.2 Å². The van der Waals surface area contributed by atoms with Crippen LogP contribution in [0.15, 0.2) is 87.8 Å². The number of carbonyl (C=O) groups excluding carboxylic acids is 1. The number of nitrogens with one attached hydrogen (secondary N) is 1.